The van der Waals surface area contributed by atoms with E-state index in [1.54, 1.807) is 11.9 Å². The van der Waals surface area contributed by atoms with Crippen molar-refractivity contribution < 1.29 is 9.59 Å². The third-order valence-corrected chi connectivity index (χ3v) is 6.00. The average Bonchev–Trinajstić information content (AvgIpc) is 3.21. The van der Waals surface area contributed by atoms with E-state index in [4.69, 9.17) is 9.97 Å². The molecule has 0 spiro atoms. The molecular weight excluding hydrogens is 368 g/mol. The monoisotopic (exact) mass is 396 g/mol. The van der Waals surface area contributed by atoms with Crippen LogP contribution in [0.2, 0.25) is 0 Å². The summed E-state index contributed by atoms with van der Waals surface area (Å²) in [4.78, 5) is 38.1. The average molecular weight is 396 g/mol. The topological polar surface area (TPSA) is 95.1 Å². The first-order chi connectivity index (χ1) is 13.8. The fourth-order valence-corrected chi connectivity index (χ4v) is 4.15. The Morgan fingerprint density at radius 3 is 2.79 bits per heavy atom. The van der Waals surface area contributed by atoms with Gasteiger partial charge >= 0.3 is 0 Å². The maximum atomic E-state index is 13.0. The largest absolute Gasteiger partial charge is 0.337 e. The highest BCUT2D eigenvalue weighted by Crippen LogP contribution is 2.31. The summed E-state index contributed by atoms with van der Waals surface area (Å²) in [5.41, 5.74) is 3.41. The number of nitrogens with zero attached hydrogens (tertiary/aromatic N) is 5. The van der Waals surface area contributed by atoms with E-state index in [1.165, 1.54) is 0 Å². The molecule has 0 bridgehead atoms. The van der Waals surface area contributed by atoms with Crippen molar-refractivity contribution in [3.8, 4) is 0 Å². The highest BCUT2D eigenvalue weighted by atomic mass is 16.2. The number of nitrogens with one attached hydrogen (secondary N) is 1. The molecule has 8 nitrogen and oxygen atoms in total. The molecule has 0 aliphatic carbocycles. The predicted octanol–water partition coefficient (Wildman–Crippen LogP) is 2.56. The third kappa shape index (κ3) is 3.63. The van der Waals surface area contributed by atoms with Crippen molar-refractivity contribution in [1.29, 1.82) is 0 Å². The van der Waals surface area contributed by atoms with Crippen molar-refractivity contribution in [2.24, 2.45) is 0 Å². The SMILES string of the molecule is Cc1nc([C@@H]2CCCN(C(=O)c3cc(C(C)C)[nH]n3)C2)nc2c1CCC(=O)N2C. The number of carbonyl (C=O) groups is 2. The second kappa shape index (κ2) is 7.57. The molecule has 1 atom stereocenters. The summed E-state index contributed by atoms with van der Waals surface area (Å²) in [6.07, 6.45) is 3.02. The minimum atomic E-state index is -0.0557. The minimum Gasteiger partial charge on any atom is -0.337 e. The Morgan fingerprint density at radius 1 is 1.28 bits per heavy atom. The number of H-pyrrole nitrogens is 1. The molecular formula is C21H28N6O2. The summed E-state index contributed by atoms with van der Waals surface area (Å²) in [5, 5.41) is 7.17. The molecule has 0 aromatic carbocycles. The molecule has 0 saturated carbocycles. The molecule has 1 fully saturated rings. The summed E-state index contributed by atoms with van der Waals surface area (Å²) >= 11 is 0. The lowest BCUT2D eigenvalue weighted by molar-refractivity contribution is -0.118. The zero-order valence-corrected chi connectivity index (χ0v) is 17.5. The van der Waals surface area contributed by atoms with Crippen molar-refractivity contribution >= 4 is 17.6 Å². The smallest absolute Gasteiger partial charge is 0.274 e. The van der Waals surface area contributed by atoms with Gasteiger partial charge in [0.1, 0.15) is 17.3 Å². The van der Waals surface area contributed by atoms with Gasteiger partial charge in [0.25, 0.3) is 5.91 Å². The van der Waals surface area contributed by atoms with Gasteiger partial charge in [-0.3, -0.25) is 19.6 Å². The molecule has 0 unspecified atom stereocenters. The van der Waals surface area contributed by atoms with Gasteiger partial charge in [-0.15, -0.1) is 0 Å². The van der Waals surface area contributed by atoms with E-state index in [-0.39, 0.29) is 17.7 Å². The summed E-state index contributed by atoms with van der Waals surface area (Å²) in [7, 11) is 1.77. The molecule has 2 aliphatic heterocycles. The van der Waals surface area contributed by atoms with Gasteiger partial charge in [-0.2, -0.15) is 5.10 Å². The Morgan fingerprint density at radius 2 is 2.07 bits per heavy atom. The second-order valence-corrected chi connectivity index (χ2v) is 8.38. The van der Waals surface area contributed by atoms with Crippen molar-refractivity contribution in [3.05, 3.63) is 34.5 Å². The number of aryl methyl sites for hydroxylation is 1. The van der Waals surface area contributed by atoms with Crippen LogP contribution in [0.1, 0.15) is 78.2 Å². The van der Waals surface area contributed by atoms with Crippen LogP contribution < -0.4 is 4.90 Å². The first-order valence-electron chi connectivity index (χ1n) is 10.3. The Balaban J connectivity index is 1.56. The molecule has 154 valence electrons. The van der Waals surface area contributed by atoms with Crippen LogP contribution in [0.5, 0.6) is 0 Å². The number of fused-ring (bicyclic) bond motifs is 1. The third-order valence-electron chi connectivity index (χ3n) is 6.00. The molecule has 29 heavy (non-hydrogen) atoms. The fraction of sp³-hybridized carbons (Fsp3) is 0.571. The predicted molar refractivity (Wildman–Crippen MR) is 109 cm³/mol. The lowest BCUT2D eigenvalue weighted by atomic mass is 9.95. The van der Waals surface area contributed by atoms with E-state index >= 15 is 0 Å². The molecule has 2 aromatic heterocycles. The van der Waals surface area contributed by atoms with Gasteiger partial charge in [-0.05, 0) is 38.2 Å². The standard InChI is InChI=1S/C21H28N6O2/c1-12(2)16-10-17(25-24-16)21(29)27-9-5-6-14(11-27)19-22-13(3)15-7-8-18(28)26(4)20(15)23-19/h10,12,14H,5-9,11H2,1-4H3,(H,24,25)/t14-/m1/s1. The zero-order valence-electron chi connectivity index (χ0n) is 17.5. The lowest BCUT2D eigenvalue weighted by Gasteiger charge is -2.33. The van der Waals surface area contributed by atoms with Crippen LogP contribution in [0.25, 0.3) is 0 Å². The van der Waals surface area contributed by atoms with Gasteiger partial charge in [0.05, 0.1) is 0 Å². The molecule has 8 heteroatoms. The maximum absolute atomic E-state index is 13.0. The van der Waals surface area contributed by atoms with Crippen molar-refractivity contribution in [1.82, 2.24) is 25.1 Å². The van der Waals surface area contributed by atoms with Crippen LogP contribution in [0.4, 0.5) is 5.82 Å². The lowest BCUT2D eigenvalue weighted by Crippen LogP contribution is -2.40. The molecule has 1 N–H and O–H groups in total. The van der Waals surface area contributed by atoms with E-state index in [0.29, 0.717) is 37.5 Å². The van der Waals surface area contributed by atoms with Crippen LogP contribution in [0.15, 0.2) is 6.07 Å². The summed E-state index contributed by atoms with van der Waals surface area (Å²) in [6.45, 7) is 7.39. The highest BCUT2D eigenvalue weighted by Gasteiger charge is 2.31. The molecule has 4 heterocycles. The van der Waals surface area contributed by atoms with E-state index in [0.717, 1.165) is 41.4 Å². The molecule has 1 saturated heterocycles. The first-order valence-corrected chi connectivity index (χ1v) is 10.3. The van der Waals surface area contributed by atoms with E-state index in [9.17, 15) is 9.59 Å². The quantitative estimate of drug-likeness (QED) is 0.860. The van der Waals surface area contributed by atoms with E-state index < -0.39 is 0 Å². The summed E-state index contributed by atoms with van der Waals surface area (Å²) in [5.74, 6) is 1.84. The number of carbonyl (C=O) groups excluding carboxylic acids is 2. The Kier molecular flexibility index (Phi) is 5.10. The number of amides is 2. The summed E-state index contributed by atoms with van der Waals surface area (Å²) < 4.78 is 0. The maximum Gasteiger partial charge on any atom is 0.274 e. The fourth-order valence-electron chi connectivity index (χ4n) is 4.15. The number of piperidine rings is 1. The van der Waals surface area contributed by atoms with Crippen molar-refractivity contribution in [2.45, 2.75) is 58.3 Å². The number of hydrogen-bond acceptors (Lipinski definition) is 5. The van der Waals surface area contributed by atoms with Crippen LogP contribution in [0.3, 0.4) is 0 Å². The van der Waals surface area contributed by atoms with Crippen LogP contribution in [-0.2, 0) is 11.2 Å². The van der Waals surface area contributed by atoms with Crippen LogP contribution in [0, 0.1) is 6.92 Å². The first kappa shape index (κ1) is 19.5. The highest BCUT2D eigenvalue weighted by molar-refractivity contribution is 5.95. The number of likely N-dealkylation sites (tertiary alicyclic amines) is 1. The molecule has 2 aliphatic rings. The van der Waals surface area contributed by atoms with Gasteiger partial charge < -0.3 is 4.90 Å². The Bertz CT molecular complexity index is 951. The van der Waals surface area contributed by atoms with Crippen molar-refractivity contribution in [2.75, 3.05) is 25.0 Å². The number of rotatable bonds is 3. The minimum absolute atomic E-state index is 0.0557. The second-order valence-electron chi connectivity index (χ2n) is 8.38. The molecule has 2 amide bonds. The van der Waals surface area contributed by atoms with Gasteiger partial charge in [0.2, 0.25) is 5.91 Å². The van der Waals surface area contributed by atoms with E-state index in [2.05, 4.69) is 24.0 Å². The number of hydrogen-bond donors (Lipinski definition) is 1. The van der Waals surface area contributed by atoms with Gasteiger partial charge in [-0.1, -0.05) is 13.8 Å². The van der Waals surface area contributed by atoms with Crippen molar-refractivity contribution in [3.63, 3.8) is 0 Å². The van der Waals surface area contributed by atoms with Gasteiger partial charge in [0, 0.05) is 49.4 Å². The number of aromatic nitrogens is 4. The van der Waals surface area contributed by atoms with Gasteiger partial charge in [-0.25, -0.2) is 9.97 Å². The van der Waals surface area contributed by atoms with E-state index in [1.807, 2.05) is 17.9 Å². The molecule has 0 radical (unpaired) electrons. The summed E-state index contributed by atoms with van der Waals surface area (Å²) in [6, 6.07) is 1.84. The zero-order chi connectivity index (χ0) is 20.7. The van der Waals surface area contributed by atoms with Crippen LogP contribution in [-0.4, -0.2) is 57.0 Å². The number of aromatic amines is 1. The van der Waals surface area contributed by atoms with Crippen LogP contribution >= 0.6 is 0 Å². The Labute approximate surface area is 170 Å². The molecule has 4 rings (SSSR count). The number of anilines is 1. The Hall–Kier alpha value is -2.77. The normalized spacial score (nSPS) is 19.6. The van der Waals surface area contributed by atoms with Gasteiger partial charge in [0.15, 0.2) is 0 Å². The molecule has 2 aromatic rings.